The minimum Gasteiger partial charge on any atom is -0.506 e. The number of carbonyl (C=O) groups is 1. The molecule has 0 atom stereocenters. The lowest BCUT2D eigenvalue weighted by Crippen LogP contribution is -2.33. The van der Waals surface area contributed by atoms with Gasteiger partial charge in [0, 0.05) is 19.3 Å². The molecule has 0 aliphatic carbocycles. The summed E-state index contributed by atoms with van der Waals surface area (Å²) in [5, 5.41) is 9.21. The van der Waals surface area contributed by atoms with Gasteiger partial charge in [-0.1, -0.05) is 12.2 Å². The molecule has 1 aliphatic heterocycles. The van der Waals surface area contributed by atoms with Crippen LogP contribution >= 0.6 is 0 Å². The zero-order chi connectivity index (χ0) is 10.7. The van der Waals surface area contributed by atoms with Crippen molar-refractivity contribution >= 4 is 5.91 Å². The van der Waals surface area contributed by atoms with Crippen LogP contribution in [0.1, 0.15) is 16.8 Å². The standard InChI is InChI=1S/C11H12N2O2/c14-10-6-9(7-12-8-10)11(15)13-4-2-1-3-5-13/h1-2,6-8,14H,3-5H2. The predicted molar refractivity (Wildman–Crippen MR) is 55.6 cm³/mol. The fraction of sp³-hybridized carbons (Fsp3) is 0.273. The average Bonchev–Trinajstić information content (AvgIpc) is 2.29. The minimum absolute atomic E-state index is 0.0217. The zero-order valence-electron chi connectivity index (χ0n) is 8.26. The van der Waals surface area contributed by atoms with E-state index in [1.807, 2.05) is 6.08 Å². The lowest BCUT2D eigenvalue weighted by molar-refractivity contribution is 0.0770. The second-order valence-corrected chi connectivity index (χ2v) is 3.44. The second kappa shape index (κ2) is 4.13. The largest absolute Gasteiger partial charge is 0.506 e. The van der Waals surface area contributed by atoms with Crippen molar-refractivity contribution in [3.8, 4) is 5.75 Å². The second-order valence-electron chi connectivity index (χ2n) is 3.44. The highest BCUT2D eigenvalue weighted by atomic mass is 16.3. The summed E-state index contributed by atoms with van der Waals surface area (Å²) in [5.41, 5.74) is 0.435. The van der Waals surface area contributed by atoms with Gasteiger partial charge in [0.05, 0.1) is 11.8 Å². The van der Waals surface area contributed by atoms with Gasteiger partial charge in [0.15, 0.2) is 0 Å². The molecule has 2 heterocycles. The summed E-state index contributed by atoms with van der Waals surface area (Å²) in [6.07, 6.45) is 7.70. The highest BCUT2D eigenvalue weighted by Gasteiger charge is 2.16. The number of amides is 1. The number of hydrogen-bond acceptors (Lipinski definition) is 3. The van der Waals surface area contributed by atoms with Crippen molar-refractivity contribution in [3.63, 3.8) is 0 Å². The van der Waals surface area contributed by atoms with Gasteiger partial charge in [-0.3, -0.25) is 9.78 Å². The molecule has 0 fully saturated rings. The predicted octanol–water partition coefficient (Wildman–Crippen LogP) is 1.19. The van der Waals surface area contributed by atoms with Crippen LogP contribution in [-0.4, -0.2) is 34.0 Å². The Kier molecular flexibility index (Phi) is 2.67. The number of aromatic nitrogens is 1. The SMILES string of the molecule is O=C(c1cncc(O)c1)N1CC=CCC1. The summed E-state index contributed by atoms with van der Waals surface area (Å²) in [6, 6.07) is 1.44. The van der Waals surface area contributed by atoms with Gasteiger partial charge in [-0.05, 0) is 12.5 Å². The number of hydrogen-bond donors (Lipinski definition) is 1. The molecule has 0 bridgehead atoms. The number of rotatable bonds is 1. The topological polar surface area (TPSA) is 53.4 Å². The summed E-state index contributed by atoms with van der Waals surface area (Å²) in [6.45, 7) is 1.36. The Bertz CT molecular complexity index is 401. The minimum atomic E-state index is -0.0808. The van der Waals surface area contributed by atoms with E-state index in [1.54, 1.807) is 4.90 Å². The van der Waals surface area contributed by atoms with E-state index in [4.69, 9.17) is 0 Å². The van der Waals surface area contributed by atoms with Crippen LogP contribution in [0.5, 0.6) is 5.75 Å². The molecule has 0 unspecified atom stereocenters. The van der Waals surface area contributed by atoms with Gasteiger partial charge in [0.1, 0.15) is 5.75 Å². The highest BCUT2D eigenvalue weighted by molar-refractivity contribution is 5.94. The molecule has 0 spiro atoms. The summed E-state index contributed by atoms with van der Waals surface area (Å²) in [7, 11) is 0. The van der Waals surface area contributed by atoms with Crippen LogP contribution in [0.3, 0.4) is 0 Å². The molecule has 4 heteroatoms. The van der Waals surface area contributed by atoms with E-state index in [1.165, 1.54) is 18.5 Å². The quantitative estimate of drug-likeness (QED) is 0.699. The van der Waals surface area contributed by atoms with Crippen molar-refractivity contribution in [1.29, 1.82) is 0 Å². The van der Waals surface area contributed by atoms with Crippen LogP contribution in [0.15, 0.2) is 30.6 Å². The molecule has 0 saturated carbocycles. The Labute approximate surface area is 87.9 Å². The third kappa shape index (κ3) is 2.15. The fourth-order valence-corrected chi connectivity index (χ4v) is 1.55. The maximum atomic E-state index is 11.9. The average molecular weight is 204 g/mol. The van der Waals surface area contributed by atoms with Crippen molar-refractivity contribution in [2.75, 3.05) is 13.1 Å². The molecule has 15 heavy (non-hydrogen) atoms. The number of aromatic hydroxyl groups is 1. The third-order valence-corrected chi connectivity index (χ3v) is 2.32. The van der Waals surface area contributed by atoms with Crippen molar-refractivity contribution in [3.05, 3.63) is 36.2 Å². The van der Waals surface area contributed by atoms with Crippen molar-refractivity contribution < 1.29 is 9.90 Å². The van der Waals surface area contributed by atoms with E-state index >= 15 is 0 Å². The van der Waals surface area contributed by atoms with Gasteiger partial charge in [-0.2, -0.15) is 0 Å². The summed E-state index contributed by atoms with van der Waals surface area (Å²) in [4.78, 5) is 17.4. The lowest BCUT2D eigenvalue weighted by atomic mass is 10.2. The van der Waals surface area contributed by atoms with E-state index in [0.717, 1.165) is 13.0 Å². The summed E-state index contributed by atoms with van der Waals surface area (Å²) < 4.78 is 0. The fourth-order valence-electron chi connectivity index (χ4n) is 1.55. The Balaban J connectivity index is 2.16. The van der Waals surface area contributed by atoms with Crippen molar-refractivity contribution in [2.24, 2.45) is 0 Å². The molecule has 1 aliphatic rings. The Morgan fingerprint density at radius 1 is 1.40 bits per heavy atom. The normalized spacial score (nSPS) is 15.3. The molecule has 0 radical (unpaired) electrons. The molecule has 0 aromatic carbocycles. The maximum Gasteiger partial charge on any atom is 0.255 e. The Hall–Kier alpha value is -1.84. The summed E-state index contributed by atoms with van der Waals surface area (Å²) >= 11 is 0. The first kappa shape index (κ1) is 9.71. The van der Waals surface area contributed by atoms with E-state index in [9.17, 15) is 9.90 Å². The first-order chi connectivity index (χ1) is 7.27. The molecule has 4 nitrogen and oxygen atoms in total. The van der Waals surface area contributed by atoms with Crippen molar-refractivity contribution in [1.82, 2.24) is 9.88 Å². The first-order valence-electron chi connectivity index (χ1n) is 4.85. The van der Waals surface area contributed by atoms with Crippen LogP contribution in [0, 0.1) is 0 Å². The van der Waals surface area contributed by atoms with Crippen LogP contribution < -0.4 is 0 Å². The molecule has 1 aromatic rings. The number of nitrogens with zero attached hydrogens (tertiary/aromatic N) is 2. The van der Waals surface area contributed by atoms with Gasteiger partial charge in [-0.15, -0.1) is 0 Å². The molecule has 1 N–H and O–H groups in total. The van der Waals surface area contributed by atoms with Crippen molar-refractivity contribution in [2.45, 2.75) is 6.42 Å². The van der Waals surface area contributed by atoms with Crippen LogP contribution in [0.2, 0.25) is 0 Å². The molecule has 1 aromatic heterocycles. The molecular formula is C11H12N2O2. The van der Waals surface area contributed by atoms with E-state index < -0.39 is 0 Å². The molecule has 1 amide bonds. The van der Waals surface area contributed by atoms with Gasteiger partial charge >= 0.3 is 0 Å². The van der Waals surface area contributed by atoms with Crippen LogP contribution in [-0.2, 0) is 0 Å². The first-order valence-corrected chi connectivity index (χ1v) is 4.85. The Morgan fingerprint density at radius 2 is 2.27 bits per heavy atom. The van der Waals surface area contributed by atoms with Gasteiger partial charge in [0.2, 0.25) is 0 Å². The van der Waals surface area contributed by atoms with Gasteiger partial charge in [0.25, 0.3) is 5.91 Å². The Morgan fingerprint density at radius 3 is 2.93 bits per heavy atom. The van der Waals surface area contributed by atoms with Gasteiger partial charge < -0.3 is 10.0 Å². The lowest BCUT2D eigenvalue weighted by Gasteiger charge is -2.23. The zero-order valence-corrected chi connectivity index (χ0v) is 8.26. The third-order valence-electron chi connectivity index (χ3n) is 2.32. The van der Waals surface area contributed by atoms with E-state index in [-0.39, 0.29) is 11.7 Å². The monoisotopic (exact) mass is 204 g/mol. The smallest absolute Gasteiger partial charge is 0.255 e. The summed E-state index contributed by atoms with van der Waals surface area (Å²) in [5.74, 6) is -0.0591. The maximum absolute atomic E-state index is 11.9. The number of carbonyl (C=O) groups excluding carboxylic acids is 1. The van der Waals surface area contributed by atoms with Crippen LogP contribution in [0.4, 0.5) is 0 Å². The molecule has 0 saturated heterocycles. The number of pyridine rings is 1. The highest BCUT2D eigenvalue weighted by Crippen LogP contribution is 2.12. The van der Waals surface area contributed by atoms with Crippen LogP contribution in [0.25, 0.3) is 0 Å². The van der Waals surface area contributed by atoms with E-state index in [2.05, 4.69) is 11.1 Å². The molecule has 78 valence electrons. The molecule has 2 rings (SSSR count). The molecular weight excluding hydrogens is 192 g/mol. The van der Waals surface area contributed by atoms with E-state index in [0.29, 0.717) is 12.1 Å². The van der Waals surface area contributed by atoms with Gasteiger partial charge in [-0.25, -0.2) is 0 Å².